The molecule has 1 fully saturated rings. The number of aromatic nitrogens is 1. The first-order valence-electron chi connectivity index (χ1n) is 11.4. The van der Waals surface area contributed by atoms with E-state index in [4.69, 9.17) is 28.2 Å². The van der Waals surface area contributed by atoms with Crippen LogP contribution in [0.3, 0.4) is 0 Å². The molecule has 1 aliphatic rings. The van der Waals surface area contributed by atoms with Crippen molar-refractivity contribution in [1.29, 1.82) is 0 Å². The van der Waals surface area contributed by atoms with Gasteiger partial charge in [0.05, 0.1) is 51.7 Å². The summed E-state index contributed by atoms with van der Waals surface area (Å²) in [5.74, 6) is 2.39. The molecule has 1 aliphatic heterocycles. The van der Waals surface area contributed by atoms with Crippen LogP contribution in [0.4, 0.5) is 0 Å². The average molecular weight is 519 g/mol. The maximum absolute atomic E-state index is 13.6. The molecule has 36 heavy (non-hydrogen) atoms. The summed E-state index contributed by atoms with van der Waals surface area (Å²) in [6, 6.07) is 11.5. The number of hydrogen-bond donors (Lipinski definition) is 0. The number of nitrogens with zero attached hydrogens (tertiary/aromatic N) is 2. The third-order valence-corrected chi connectivity index (χ3v) is 7.80. The van der Waals surface area contributed by atoms with Gasteiger partial charge < -0.3 is 28.2 Å². The molecule has 1 unspecified atom stereocenters. The van der Waals surface area contributed by atoms with E-state index in [1.54, 1.807) is 30.3 Å². The Balaban J connectivity index is 1.63. The van der Waals surface area contributed by atoms with Crippen molar-refractivity contribution in [2.24, 2.45) is 0 Å². The van der Waals surface area contributed by atoms with Gasteiger partial charge in [-0.1, -0.05) is 5.16 Å². The zero-order valence-electron chi connectivity index (χ0n) is 20.7. The number of rotatable bonds is 11. The molecule has 1 atom stereocenters. The van der Waals surface area contributed by atoms with Crippen LogP contribution >= 0.6 is 0 Å². The summed E-state index contributed by atoms with van der Waals surface area (Å²) in [5.41, 5.74) is 1.10. The summed E-state index contributed by atoms with van der Waals surface area (Å²) < 4.78 is 61.2. The molecule has 4 rings (SSSR count). The molecule has 0 N–H and O–H groups in total. The number of methoxy groups -OCH3 is 4. The lowest BCUT2D eigenvalue weighted by molar-refractivity contribution is 0.0922. The highest BCUT2D eigenvalue weighted by Crippen LogP contribution is 2.41. The molecule has 1 saturated heterocycles. The highest BCUT2D eigenvalue weighted by molar-refractivity contribution is 7.89. The fourth-order valence-electron chi connectivity index (χ4n) is 4.09. The minimum Gasteiger partial charge on any atom is -0.497 e. The summed E-state index contributed by atoms with van der Waals surface area (Å²) in [6.45, 7) is 0.846. The molecule has 0 saturated carbocycles. The lowest BCUT2D eigenvalue weighted by Gasteiger charge is -2.24. The van der Waals surface area contributed by atoms with E-state index in [1.807, 2.05) is 0 Å². The highest BCUT2D eigenvalue weighted by atomic mass is 32.2. The largest absolute Gasteiger partial charge is 0.497 e. The Hall–Kier alpha value is -3.28. The molecule has 10 nitrogen and oxygen atoms in total. The van der Waals surface area contributed by atoms with E-state index in [0.29, 0.717) is 46.6 Å². The van der Waals surface area contributed by atoms with Crippen molar-refractivity contribution in [1.82, 2.24) is 9.46 Å². The van der Waals surface area contributed by atoms with Gasteiger partial charge in [-0.2, -0.15) is 4.31 Å². The van der Waals surface area contributed by atoms with E-state index < -0.39 is 10.0 Å². The zero-order valence-corrected chi connectivity index (χ0v) is 21.5. The maximum Gasteiger partial charge on any atom is 0.243 e. The fraction of sp³-hybridized carbons (Fsp3) is 0.400. The summed E-state index contributed by atoms with van der Waals surface area (Å²) in [5, 5.41) is 4.14. The Morgan fingerprint density at radius 1 is 0.972 bits per heavy atom. The molecule has 3 aromatic rings. The van der Waals surface area contributed by atoms with Crippen molar-refractivity contribution < 1.29 is 36.6 Å². The Bertz CT molecular complexity index is 1240. The van der Waals surface area contributed by atoms with Crippen molar-refractivity contribution in [3.63, 3.8) is 0 Å². The van der Waals surface area contributed by atoms with Gasteiger partial charge in [0.15, 0.2) is 17.3 Å². The molecule has 194 valence electrons. The van der Waals surface area contributed by atoms with Crippen molar-refractivity contribution in [3.8, 4) is 34.3 Å². The maximum atomic E-state index is 13.6. The van der Waals surface area contributed by atoms with Gasteiger partial charge in [0.2, 0.25) is 15.8 Å². The molecule has 2 heterocycles. The van der Waals surface area contributed by atoms with Crippen molar-refractivity contribution >= 4 is 10.0 Å². The topological polar surface area (TPSA) is 110 Å². The predicted octanol–water partition coefficient (Wildman–Crippen LogP) is 3.75. The molecule has 11 heteroatoms. The quantitative estimate of drug-likeness (QED) is 0.375. The molecule has 0 amide bonds. The van der Waals surface area contributed by atoms with Crippen LogP contribution in [0.5, 0.6) is 23.0 Å². The fourth-order valence-corrected chi connectivity index (χ4v) is 5.53. The Labute approximate surface area is 210 Å². The van der Waals surface area contributed by atoms with Gasteiger partial charge in [0, 0.05) is 24.8 Å². The number of sulfonamides is 1. The number of ether oxygens (including phenoxy) is 5. The standard InChI is InChI=1S/C25H30N2O8S/c1-30-19-7-9-21(10-8-19)36(28,29)27(16-20-6-5-11-34-20)15-18-14-22(35-26-18)17-12-23(31-2)25(33-4)24(13-17)32-3/h7-10,12-14,20H,5-6,11,15-16H2,1-4H3. The van der Waals surface area contributed by atoms with Crippen molar-refractivity contribution in [2.75, 3.05) is 41.6 Å². The summed E-state index contributed by atoms with van der Waals surface area (Å²) in [6.07, 6.45) is 1.51. The van der Waals surface area contributed by atoms with E-state index in [2.05, 4.69) is 5.16 Å². The van der Waals surface area contributed by atoms with E-state index in [-0.39, 0.29) is 24.1 Å². The van der Waals surface area contributed by atoms with Crippen LogP contribution in [-0.2, 0) is 21.3 Å². The molecule has 0 radical (unpaired) electrons. The van der Waals surface area contributed by atoms with Gasteiger partial charge in [0.1, 0.15) is 5.75 Å². The Kier molecular flexibility index (Phi) is 8.02. The smallest absolute Gasteiger partial charge is 0.243 e. The van der Waals surface area contributed by atoms with E-state index in [0.717, 1.165) is 12.8 Å². The van der Waals surface area contributed by atoms with Crippen LogP contribution in [0.25, 0.3) is 11.3 Å². The van der Waals surface area contributed by atoms with Crippen LogP contribution in [0, 0.1) is 0 Å². The van der Waals surface area contributed by atoms with Crippen molar-refractivity contribution in [3.05, 3.63) is 48.2 Å². The predicted molar refractivity (Wildman–Crippen MR) is 131 cm³/mol. The van der Waals surface area contributed by atoms with Crippen molar-refractivity contribution in [2.45, 2.75) is 30.4 Å². The van der Waals surface area contributed by atoms with Gasteiger partial charge >= 0.3 is 0 Å². The third-order valence-electron chi connectivity index (χ3n) is 5.98. The SMILES string of the molecule is COc1ccc(S(=O)(=O)N(Cc2cc(-c3cc(OC)c(OC)c(OC)c3)on2)CC2CCCO2)cc1. The molecular formula is C25H30N2O8S. The first-order valence-corrected chi connectivity index (χ1v) is 12.9. The van der Waals surface area contributed by atoms with E-state index >= 15 is 0 Å². The third kappa shape index (κ3) is 5.43. The normalized spacial score (nSPS) is 15.8. The monoisotopic (exact) mass is 518 g/mol. The molecule has 2 aromatic carbocycles. The summed E-state index contributed by atoms with van der Waals surface area (Å²) >= 11 is 0. The van der Waals surface area contributed by atoms with Gasteiger partial charge in [-0.15, -0.1) is 0 Å². The van der Waals surface area contributed by atoms with Crippen LogP contribution in [0.1, 0.15) is 18.5 Å². The Morgan fingerprint density at radius 3 is 2.22 bits per heavy atom. The van der Waals surface area contributed by atoms with Gasteiger partial charge in [-0.05, 0) is 49.2 Å². The number of benzene rings is 2. The van der Waals surface area contributed by atoms with Crippen LogP contribution < -0.4 is 18.9 Å². The lowest BCUT2D eigenvalue weighted by atomic mass is 10.1. The summed E-state index contributed by atoms with van der Waals surface area (Å²) in [7, 11) is 2.27. The molecule has 1 aromatic heterocycles. The second-order valence-corrected chi connectivity index (χ2v) is 10.1. The summed E-state index contributed by atoms with van der Waals surface area (Å²) in [4.78, 5) is 0.162. The first-order chi connectivity index (χ1) is 17.4. The minimum atomic E-state index is -3.84. The van der Waals surface area contributed by atoms with Crippen LogP contribution in [0.2, 0.25) is 0 Å². The van der Waals surface area contributed by atoms with Crippen LogP contribution in [0.15, 0.2) is 51.9 Å². The lowest BCUT2D eigenvalue weighted by Crippen LogP contribution is -2.37. The number of hydrogen-bond acceptors (Lipinski definition) is 9. The first kappa shape index (κ1) is 25.8. The Morgan fingerprint density at radius 2 is 1.67 bits per heavy atom. The highest BCUT2D eigenvalue weighted by Gasteiger charge is 2.30. The molecule has 0 bridgehead atoms. The van der Waals surface area contributed by atoms with E-state index in [9.17, 15) is 8.42 Å². The van der Waals surface area contributed by atoms with Gasteiger partial charge in [-0.25, -0.2) is 8.42 Å². The minimum absolute atomic E-state index is 0.0160. The second kappa shape index (κ2) is 11.2. The zero-order chi connectivity index (χ0) is 25.7. The van der Waals surface area contributed by atoms with E-state index in [1.165, 1.54) is 44.9 Å². The van der Waals surface area contributed by atoms with Crippen LogP contribution in [-0.4, -0.2) is 65.6 Å². The molecule has 0 spiro atoms. The molecule has 0 aliphatic carbocycles. The molecular weight excluding hydrogens is 488 g/mol. The van der Waals surface area contributed by atoms with Gasteiger partial charge in [0.25, 0.3) is 0 Å². The second-order valence-electron chi connectivity index (χ2n) is 8.20. The van der Waals surface area contributed by atoms with Gasteiger partial charge in [-0.3, -0.25) is 0 Å². The average Bonchev–Trinajstić information content (AvgIpc) is 3.60.